The Bertz CT molecular complexity index is 461. The highest BCUT2D eigenvalue weighted by Crippen LogP contribution is 2.15. The summed E-state index contributed by atoms with van der Waals surface area (Å²) in [6.45, 7) is 1.19. The van der Waals surface area contributed by atoms with E-state index in [1.54, 1.807) is 11.3 Å². The number of aliphatic hydroxyl groups is 1. The molecule has 17 heavy (non-hydrogen) atoms. The van der Waals surface area contributed by atoms with Gasteiger partial charge in [-0.2, -0.15) is 11.3 Å². The first-order chi connectivity index (χ1) is 8.25. The number of aliphatic hydroxyl groups excluding tert-OH is 1. The Kier molecular flexibility index (Phi) is 4.67. The van der Waals surface area contributed by atoms with Crippen molar-refractivity contribution in [3.05, 3.63) is 50.9 Å². The summed E-state index contributed by atoms with van der Waals surface area (Å²) in [4.78, 5) is 4.31. The van der Waals surface area contributed by atoms with Gasteiger partial charge >= 0.3 is 0 Å². The molecule has 1 unspecified atom stereocenters. The Morgan fingerprint density at radius 3 is 3.00 bits per heavy atom. The van der Waals surface area contributed by atoms with E-state index in [1.807, 2.05) is 35.0 Å². The highest BCUT2D eigenvalue weighted by Gasteiger charge is 2.06. The van der Waals surface area contributed by atoms with E-state index >= 15 is 0 Å². The van der Waals surface area contributed by atoms with Gasteiger partial charge in [0.1, 0.15) is 4.60 Å². The van der Waals surface area contributed by atoms with Crippen molar-refractivity contribution in [3.63, 3.8) is 0 Å². The lowest BCUT2D eigenvalue weighted by atomic mass is 10.2. The van der Waals surface area contributed by atoms with Crippen LogP contribution in [-0.4, -0.2) is 16.6 Å². The van der Waals surface area contributed by atoms with Crippen molar-refractivity contribution in [3.8, 4) is 0 Å². The molecule has 1 atom stereocenters. The molecule has 0 fully saturated rings. The van der Waals surface area contributed by atoms with Crippen LogP contribution in [0.5, 0.6) is 0 Å². The van der Waals surface area contributed by atoms with Crippen LogP contribution in [0.3, 0.4) is 0 Å². The fraction of sp³-hybridized carbons (Fsp3) is 0.250. The molecule has 2 heterocycles. The lowest BCUT2D eigenvalue weighted by Gasteiger charge is -2.10. The number of aromatic nitrogens is 1. The minimum Gasteiger partial charge on any atom is -0.387 e. The van der Waals surface area contributed by atoms with Gasteiger partial charge in [0.15, 0.2) is 0 Å². The van der Waals surface area contributed by atoms with Crippen LogP contribution in [0.2, 0.25) is 0 Å². The van der Waals surface area contributed by atoms with Crippen molar-refractivity contribution in [2.45, 2.75) is 12.6 Å². The predicted molar refractivity (Wildman–Crippen MR) is 72.9 cm³/mol. The molecule has 0 aliphatic rings. The highest BCUT2D eigenvalue weighted by molar-refractivity contribution is 9.10. The number of thiophene rings is 1. The van der Waals surface area contributed by atoms with Crippen molar-refractivity contribution < 1.29 is 5.11 Å². The minimum absolute atomic E-state index is 0.451. The second-order valence-electron chi connectivity index (χ2n) is 3.66. The molecule has 0 aromatic carbocycles. The molecular formula is C12H13BrN2OS. The van der Waals surface area contributed by atoms with Gasteiger partial charge in [-0.3, -0.25) is 0 Å². The van der Waals surface area contributed by atoms with E-state index < -0.39 is 6.10 Å². The van der Waals surface area contributed by atoms with Crippen molar-refractivity contribution in [1.82, 2.24) is 10.3 Å². The van der Waals surface area contributed by atoms with Crippen LogP contribution in [0.1, 0.15) is 17.4 Å². The van der Waals surface area contributed by atoms with E-state index in [0.29, 0.717) is 13.1 Å². The molecule has 2 N–H and O–H groups in total. The van der Waals surface area contributed by atoms with Crippen LogP contribution in [0.15, 0.2) is 39.6 Å². The Morgan fingerprint density at radius 2 is 2.29 bits per heavy atom. The lowest BCUT2D eigenvalue weighted by molar-refractivity contribution is 0.174. The van der Waals surface area contributed by atoms with Crippen LogP contribution in [0.25, 0.3) is 0 Å². The quantitative estimate of drug-likeness (QED) is 0.834. The smallest absolute Gasteiger partial charge is 0.106 e. The van der Waals surface area contributed by atoms with Crippen LogP contribution in [0.4, 0.5) is 0 Å². The molecule has 0 aliphatic heterocycles. The Morgan fingerprint density at radius 1 is 1.41 bits per heavy atom. The molecule has 2 rings (SSSR count). The number of hydrogen-bond acceptors (Lipinski definition) is 4. The fourth-order valence-electron chi connectivity index (χ4n) is 1.47. The Labute approximate surface area is 113 Å². The third-order valence-corrected chi connectivity index (χ3v) is 3.49. The second kappa shape index (κ2) is 6.26. The molecule has 5 heteroatoms. The number of hydrogen-bond donors (Lipinski definition) is 2. The first-order valence-corrected chi connectivity index (χ1v) is 7.01. The molecular weight excluding hydrogens is 300 g/mol. The molecule has 0 saturated heterocycles. The van der Waals surface area contributed by atoms with Gasteiger partial charge in [-0.15, -0.1) is 0 Å². The second-order valence-corrected chi connectivity index (χ2v) is 5.25. The summed E-state index contributed by atoms with van der Waals surface area (Å²) in [7, 11) is 0. The summed E-state index contributed by atoms with van der Waals surface area (Å²) in [5.41, 5.74) is 1.92. The summed E-state index contributed by atoms with van der Waals surface area (Å²) < 4.78 is 0.829. The molecule has 3 nitrogen and oxygen atoms in total. The number of rotatable bonds is 5. The van der Waals surface area contributed by atoms with Gasteiger partial charge in [0.25, 0.3) is 0 Å². The van der Waals surface area contributed by atoms with Gasteiger partial charge in [-0.1, -0.05) is 6.07 Å². The van der Waals surface area contributed by atoms with Crippen LogP contribution >= 0.6 is 27.3 Å². The summed E-state index contributed by atoms with van der Waals surface area (Å²) >= 11 is 4.92. The number of nitrogens with one attached hydrogen (secondary N) is 1. The van der Waals surface area contributed by atoms with Gasteiger partial charge in [0.05, 0.1) is 11.8 Å². The maximum atomic E-state index is 9.86. The van der Waals surface area contributed by atoms with E-state index in [4.69, 9.17) is 0 Å². The van der Waals surface area contributed by atoms with E-state index in [0.717, 1.165) is 15.9 Å². The van der Waals surface area contributed by atoms with Crippen molar-refractivity contribution in [1.29, 1.82) is 0 Å². The zero-order chi connectivity index (χ0) is 12.1. The minimum atomic E-state index is -0.451. The fourth-order valence-corrected chi connectivity index (χ4v) is 2.56. The first-order valence-electron chi connectivity index (χ1n) is 5.28. The number of nitrogens with zero attached hydrogens (tertiary/aromatic N) is 1. The average molecular weight is 313 g/mol. The zero-order valence-corrected chi connectivity index (χ0v) is 11.5. The standard InChI is InChI=1S/C12H13BrN2OS/c13-12-3-1-2-10(15-12)6-14-7-11(16)9-4-5-17-8-9/h1-5,8,11,14,16H,6-7H2. The zero-order valence-electron chi connectivity index (χ0n) is 9.14. The highest BCUT2D eigenvalue weighted by atomic mass is 79.9. The van der Waals surface area contributed by atoms with Crippen LogP contribution in [-0.2, 0) is 6.54 Å². The molecule has 0 saturated carbocycles. The molecule has 2 aromatic heterocycles. The van der Waals surface area contributed by atoms with Crippen LogP contribution in [0, 0.1) is 0 Å². The summed E-state index contributed by atoms with van der Waals surface area (Å²) in [5.74, 6) is 0. The maximum absolute atomic E-state index is 9.86. The molecule has 2 aromatic rings. The van der Waals surface area contributed by atoms with Crippen LogP contribution < -0.4 is 5.32 Å². The van der Waals surface area contributed by atoms with E-state index in [-0.39, 0.29) is 0 Å². The van der Waals surface area contributed by atoms with Gasteiger partial charge < -0.3 is 10.4 Å². The first kappa shape index (κ1) is 12.7. The number of pyridine rings is 1. The third kappa shape index (κ3) is 3.89. The SMILES string of the molecule is OC(CNCc1cccc(Br)n1)c1ccsc1. The largest absolute Gasteiger partial charge is 0.387 e. The van der Waals surface area contributed by atoms with Gasteiger partial charge in [-0.25, -0.2) is 4.98 Å². The molecule has 0 aliphatic carbocycles. The average Bonchev–Trinajstić information content (AvgIpc) is 2.82. The van der Waals surface area contributed by atoms with Gasteiger partial charge in [0.2, 0.25) is 0 Å². The molecule has 0 bridgehead atoms. The van der Waals surface area contributed by atoms with E-state index in [2.05, 4.69) is 26.2 Å². The Hall–Kier alpha value is -0.750. The topological polar surface area (TPSA) is 45.1 Å². The van der Waals surface area contributed by atoms with Crippen molar-refractivity contribution >= 4 is 27.3 Å². The molecule has 0 radical (unpaired) electrons. The monoisotopic (exact) mass is 312 g/mol. The Balaban J connectivity index is 1.80. The third-order valence-electron chi connectivity index (χ3n) is 2.34. The summed E-state index contributed by atoms with van der Waals surface area (Å²) in [5, 5.41) is 17.0. The van der Waals surface area contributed by atoms with E-state index in [1.165, 1.54) is 0 Å². The van der Waals surface area contributed by atoms with Crippen molar-refractivity contribution in [2.75, 3.05) is 6.54 Å². The van der Waals surface area contributed by atoms with E-state index in [9.17, 15) is 5.11 Å². The van der Waals surface area contributed by atoms with Crippen molar-refractivity contribution in [2.24, 2.45) is 0 Å². The molecule has 0 spiro atoms. The van der Waals surface area contributed by atoms with Gasteiger partial charge in [-0.05, 0) is 50.5 Å². The predicted octanol–water partition coefficient (Wildman–Crippen LogP) is 2.73. The molecule has 0 amide bonds. The normalized spacial score (nSPS) is 12.6. The number of halogens is 1. The maximum Gasteiger partial charge on any atom is 0.106 e. The van der Waals surface area contributed by atoms with Gasteiger partial charge in [0, 0.05) is 13.1 Å². The lowest BCUT2D eigenvalue weighted by Crippen LogP contribution is -2.21. The summed E-state index contributed by atoms with van der Waals surface area (Å²) in [6, 6.07) is 7.73. The molecule has 90 valence electrons. The summed E-state index contributed by atoms with van der Waals surface area (Å²) in [6.07, 6.45) is -0.451.